The SMILES string of the molecule is CCCNCc1cc(C)ccc1OCc1nonc1C. The van der Waals surface area contributed by atoms with Crippen molar-refractivity contribution in [2.75, 3.05) is 6.54 Å². The molecule has 0 fully saturated rings. The average molecular weight is 275 g/mol. The minimum atomic E-state index is 0.374. The average Bonchev–Trinajstić information content (AvgIpc) is 2.84. The summed E-state index contributed by atoms with van der Waals surface area (Å²) in [5.74, 6) is 0.876. The summed E-state index contributed by atoms with van der Waals surface area (Å²) in [6, 6.07) is 6.19. The fourth-order valence-electron chi connectivity index (χ4n) is 1.91. The standard InChI is InChI=1S/C15H21N3O2/c1-4-7-16-9-13-8-11(2)5-6-15(13)19-10-14-12(3)17-20-18-14/h5-6,8,16H,4,7,9-10H2,1-3H3. The van der Waals surface area contributed by atoms with Crippen LogP contribution in [0, 0.1) is 13.8 Å². The molecule has 20 heavy (non-hydrogen) atoms. The van der Waals surface area contributed by atoms with Crippen LogP contribution in [-0.4, -0.2) is 16.9 Å². The van der Waals surface area contributed by atoms with Crippen molar-refractivity contribution in [2.45, 2.75) is 40.3 Å². The Bertz CT molecular complexity index is 552. The molecule has 0 aliphatic rings. The van der Waals surface area contributed by atoms with E-state index in [4.69, 9.17) is 4.74 Å². The number of rotatable bonds is 7. The highest BCUT2D eigenvalue weighted by Gasteiger charge is 2.08. The molecule has 1 heterocycles. The summed E-state index contributed by atoms with van der Waals surface area (Å²) in [5, 5.41) is 11.0. The lowest BCUT2D eigenvalue weighted by atomic mass is 10.1. The largest absolute Gasteiger partial charge is 0.487 e. The van der Waals surface area contributed by atoms with Crippen molar-refractivity contribution in [1.29, 1.82) is 0 Å². The predicted molar refractivity (Wildman–Crippen MR) is 76.5 cm³/mol. The van der Waals surface area contributed by atoms with Crippen LogP contribution in [0.5, 0.6) is 5.75 Å². The molecule has 0 bridgehead atoms. The lowest BCUT2D eigenvalue weighted by Gasteiger charge is -2.12. The highest BCUT2D eigenvalue weighted by Crippen LogP contribution is 2.21. The van der Waals surface area contributed by atoms with E-state index in [1.54, 1.807) is 0 Å². The second-order valence-corrected chi connectivity index (χ2v) is 4.87. The number of nitrogens with zero attached hydrogens (tertiary/aromatic N) is 2. The van der Waals surface area contributed by atoms with E-state index >= 15 is 0 Å². The molecular formula is C15H21N3O2. The lowest BCUT2D eigenvalue weighted by molar-refractivity contribution is 0.268. The van der Waals surface area contributed by atoms with Crippen LogP contribution in [0.1, 0.15) is 35.9 Å². The van der Waals surface area contributed by atoms with Gasteiger partial charge in [0, 0.05) is 12.1 Å². The first-order chi connectivity index (χ1) is 9.70. The van der Waals surface area contributed by atoms with Crippen molar-refractivity contribution in [3.05, 3.63) is 40.7 Å². The van der Waals surface area contributed by atoms with E-state index in [9.17, 15) is 0 Å². The monoisotopic (exact) mass is 275 g/mol. The number of hydrogen-bond donors (Lipinski definition) is 1. The summed E-state index contributed by atoms with van der Waals surface area (Å²) in [6.45, 7) is 8.27. The van der Waals surface area contributed by atoms with E-state index in [0.717, 1.165) is 42.2 Å². The Morgan fingerprint density at radius 3 is 2.80 bits per heavy atom. The zero-order valence-electron chi connectivity index (χ0n) is 12.3. The maximum absolute atomic E-state index is 5.85. The van der Waals surface area contributed by atoms with Gasteiger partial charge in [0.1, 0.15) is 23.7 Å². The molecule has 2 rings (SSSR count). The van der Waals surface area contributed by atoms with Crippen molar-refractivity contribution in [1.82, 2.24) is 15.6 Å². The minimum absolute atomic E-state index is 0.374. The molecule has 0 unspecified atom stereocenters. The highest BCUT2D eigenvalue weighted by molar-refractivity contribution is 5.37. The Hall–Kier alpha value is -1.88. The summed E-state index contributed by atoms with van der Waals surface area (Å²) in [4.78, 5) is 0. The van der Waals surface area contributed by atoms with Gasteiger partial charge in [-0.2, -0.15) is 0 Å². The van der Waals surface area contributed by atoms with Gasteiger partial charge in [-0.05, 0) is 32.9 Å². The predicted octanol–water partition coefficient (Wildman–Crippen LogP) is 2.77. The number of aryl methyl sites for hydroxylation is 2. The Kier molecular flexibility index (Phi) is 5.12. The summed E-state index contributed by atoms with van der Waals surface area (Å²) in [7, 11) is 0. The smallest absolute Gasteiger partial charge is 0.145 e. The van der Waals surface area contributed by atoms with Crippen LogP contribution in [0.4, 0.5) is 0 Å². The topological polar surface area (TPSA) is 60.2 Å². The second-order valence-electron chi connectivity index (χ2n) is 4.87. The van der Waals surface area contributed by atoms with Gasteiger partial charge in [-0.25, -0.2) is 4.63 Å². The molecule has 0 aliphatic carbocycles. The lowest BCUT2D eigenvalue weighted by Crippen LogP contribution is -2.15. The number of aromatic nitrogens is 2. The maximum atomic E-state index is 5.85. The van der Waals surface area contributed by atoms with Gasteiger partial charge in [0.2, 0.25) is 0 Å². The second kappa shape index (κ2) is 7.05. The van der Waals surface area contributed by atoms with E-state index in [1.165, 1.54) is 5.56 Å². The molecular weight excluding hydrogens is 254 g/mol. The molecule has 0 saturated carbocycles. The van der Waals surface area contributed by atoms with E-state index in [2.05, 4.69) is 40.2 Å². The molecule has 0 saturated heterocycles. The molecule has 1 N–H and O–H groups in total. The first-order valence-electron chi connectivity index (χ1n) is 6.91. The van der Waals surface area contributed by atoms with Crippen LogP contribution in [0.3, 0.4) is 0 Å². The molecule has 5 heteroatoms. The fourth-order valence-corrected chi connectivity index (χ4v) is 1.91. The van der Waals surface area contributed by atoms with Crippen molar-refractivity contribution in [3.8, 4) is 5.75 Å². The molecule has 1 aromatic carbocycles. The zero-order chi connectivity index (χ0) is 14.4. The van der Waals surface area contributed by atoms with Crippen molar-refractivity contribution >= 4 is 0 Å². The Labute approximate surface area is 119 Å². The number of hydrogen-bond acceptors (Lipinski definition) is 5. The molecule has 0 radical (unpaired) electrons. The van der Waals surface area contributed by atoms with Crippen LogP contribution >= 0.6 is 0 Å². The normalized spacial score (nSPS) is 10.8. The summed E-state index contributed by atoms with van der Waals surface area (Å²) in [6.07, 6.45) is 1.12. The van der Waals surface area contributed by atoms with Gasteiger partial charge in [-0.3, -0.25) is 0 Å². The molecule has 0 spiro atoms. The molecule has 0 aliphatic heterocycles. The molecule has 5 nitrogen and oxygen atoms in total. The van der Waals surface area contributed by atoms with E-state index < -0.39 is 0 Å². The third-order valence-electron chi connectivity index (χ3n) is 3.07. The van der Waals surface area contributed by atoms with E-state index in [-0.39, 0.29) is 0 Å². The van der Waals surface area contributed by atoms with Crippen LogP contribution in [0.25, 0.3) is 0 Å². The first kappa shape index (κ1) is 14.5. The van der Waals surface area contributed by atoms with Crippen LogP contribution < -0.4 is 10.1 Å². The van der Waals surface area contributed by atoms with E-state index in [1.807, 2.05) is 19.1 Å². The fraction of sp³-hybridized carbons (Fsp3) is 0.467. The highest BCUT2D eigenvalue weighted by atomic mass is 16.6. The van der Waals surface area contributed by atoms with Gasteiger partial charge in [0.05, 0.1) is 0 Å². The Morgan fingerprint density at radius 1 is 1.25 bits per heavy atom. The first-order valence-corrected chi connectivity index (χ1v) is 6.91. The third-order valence-corrected chi connectivity index (χ3v) is 3.07. The third kappa shape index (κ3) is 3.81. The van der Waals surface area contributed by atoms with Gasteiger partial charge in [-0.15, -0.1) is 0 Å². The van der Waals surface area contributed by atoms with Crippen LogP contribution in [0.15, 0.2) is 22.8 Å². The maximum Gasteiger partial charge on any atom is 0.145 e. The summed E-state index contributed by atoms with van der Waals surface area (Å²) >= 11 is 0. The van der Waals surface area contributed by atoms with Gasteiger partial charge in [0.15, 0.2) is 0 Å². The van der Waals surface area contributed by atoms with E-state index in [0.29, 0.717) is 6.61 Å². The Balaban J connectivity index is 2.04. The van der Waals surface area contributed by atoms with Gasteiger partial charge >= 0.3 is 0 Å². The van der Waals surface area contributed by atoms with Crippen LogP contribution in [0.2, 0.25) is 0 Å². The van der Waals surface area contributed by atoms with Gasteiger partial charge < -0.3 is 10.1 Å². The summed E-state index contributed by atoms with van der Waals surface area (Å²) in [5.41, 5.74) is 3.89. The molecule has 0 amide bonds. The number of benzene rings is 1. The van der Waals surface area contributed by atoms with Crippen molar-refractivity contribution < 1.29 is 9.37 Å². The Morgan fingerprint density at radius 2 is 2.10 bits per heavy atom. The molecule has 0 atom stereocenters. The molecule has 1 aromatic heterocycles. The number of nitrogens with one attached hydrogen (secondary N) is 1. The van der Waals surface area contributed by atoms with Gasteiger partial charge in [0.25, 0.3) is 0 Å². The number of ether oxygens (including phenoxy) is 1. The zero-order valence-corrected chi connectivity index (χ0v) is 12.3. The van der Waals surface area contributed by atoms with Crippen molar-refractivity contribution in [2.24, 2.45) is 0 Å². The molecule has 2 aromatic rings. The molecule has 108 valence electrons. The van der Waals surface area contributed by atoms with Crippen LogP contribution in [-0.2, 0) is 13.2 Å². The minimum Gasteiger partial charge on any atom is -0.487 e. The summed E-state index contributed by atoms with van der Waals surface area (Å²) < 4.78 is 10.5. The van der Waals surface area contributed by atoms with Crippen molar-refractivity contribution in [3.63, 3.8) is 0 Å². The van der Waals surface area contributed by atoms with Gasteiger partial charge in [-0.1, -0.05) is 34.9 Å². The quantitative estimate of drug-likeness (QED) is 0.787.